The molecular formula is C16H24O4. The van der Waals surface area contributed by atoms with Gasteiger partial charge in [0.25, 0.3) is 0 Å². The standard InChI is InChI=1S/C16H24O4/c1-11-7-13(8-15(19-3)12(11)2)5-6-14(10-17)9-16(18)20-4/h7-8,14,17H,5-6,9-10H2,1-4H3. The highest BCUT2D eigenvalue weighted by Crippen LogP contribution is 2.25. The Balaban J connectivity index is 2.68. The van der Waals surface area contributed by atoms with Gasteiger partial charge in [-0.05, 0) is 55.4 Å². The highest BCUT2D eigenvalue weighted by Gasteiger charge is 2.14. The second-order valence-corrected chi connectivity index (χ2v) is 5.11. The smallest absolute Gasteiger partial charge is 0.305 e. The first-order chi connectivity index (χ1) is 9.51. The van der Waals surface area contributed by atoms with E-state index < -0.39 is 0 Å². The van der Waals surface area contributed by atoms with E-state index in [1.165, 1.54) is 12.7 Å². The summed E-state index contributed by atoms with van der Waals surface area (Å²) in [7, 11) is 3.03. The molecule has 0 bridgehead atoms. The first kappa shape index (κ1) is 16.5. The molecule has 112 valence electrons. The molecule has 0 aliphatic rings. The van der Waals surface area contributed by atoms with Crippen LogP contribution in [0.3, 0.4) is 0 Å². The summed E-state index contributed by atoms with van der Waals surface area (Å²) in [6.07, 6.45) is 1.81. The molecule has 1 rings (SSSR count). The lowest BCUT2D eigenvalue weighted by Gasteiger charge is -2.14. The third kappa shape index (κ3) is 4.53. The number of methoxy groups -OCH3 is 2. The Morgan fingerprint density at radius 2 is 2.00 bits per heavy atom. The Labute approximate surface area is 120 Å². The van der Waals surface area contributed by atoms with Gasteiger partial charge in [0, 0.05) is 6.61 Å². The summed E-state index contributed by atoms with van der Waals surface area (Å²) in [5.74, 6) is 0.547. The maximum atomic E-state index is 11.2. The molecule has 4 nitrogen and oxygen atoms in total. The van der Waals surface area contributed by atoms with E-state index in [0.717, 1.165) is 29.7 Å². The van der Waals surface area contributed by atoms with Gasteiger partial charge in [-0.1, -0.05) is 6.07 Å². The Bertz CT molecular complexity index is 454. The molecule has 1 aromatic carbocycles. The molecule has 0 aromatic heterocycles. The quantitative estimate of drug-likeness (QED) is 0.779. The van der Waals surface area contributed by atoms with Gasteiger partial charge < -0.3 is 14.6 Å². The van der Waals surface area contributed by atoms with Crippen molar-refractivity contribution in [3.8, 4) is 5.75 Å². The van der Waals surface area contributed by atoms with Crippen molar-refractivity contribution in [1.82, 2.24) is 0 Å². The molecule has 1 unspecified atom stereocenters. The summed E-state index contributed by atoms with van der Waals surface area (Å²) < 4.78 is 9.99. The van der Waals surface area contributed by atoms with Crippen molar-refractivity contribution in [1.29, 1.82) is 0 Å². The zero-order valence-corrected chi connectivity index (χ0v) is 12.7. The lowest BCUT2D eigenvalue weighted by molar-refractivity contribution is -0.142. The fraction of sp³-hybridized carbons (Fsp3) is 0.562. The van der Waals surface area contributed by atoms with E-state index in [4.69, 9.17) is 4.74 Å². The molecular weight excluding hydrogens is 256 g/mol. The average molecular weight is 280 g/mol. The number of rotatable bonds is 7. The molecule has 4 heteroatoms. The summed E-state index contributed by atoms with van der Waals surface area (Å²) in [5.41, 5.74) is 3.49. The van der Waals surface area contributed by atoms with E-state index in [9.17, 15) is 9.90 Å². The summed E-state index contributed by atoms with van der Waals surface area (Å²) in [6.45, 7) is 4.09. The minimum Gasteiger partial charge on any atom is -0.496 e. The van der Waals surface area contributed by atoms with Crippen LogP contribution in [-0.4, -0.2) is 31.9 Å². The van der Waals surface area contributed by atoms with E-state index in [-0.39, 0.29) is 24.9 Å². The molecule has 1 N–H and O–H groups in total. The maximum Gasteiger partial charge on any atom is 0.305 e. The van der Waals surface area contributed by atoms with Crippen molar-refractivity contribution >= 4 is 5.97 Å². The number of hydrogen-bond acceptors (Lipinski definition) is 4. The summed E-state index contributed by atoms with van der Waals surface area (Å²) in [5, 5.41) is 9.32. The zero-order valence-electron chi connectivity index (χ0n) is 12.7. The van der Waals surface area contributed by atoms with Crippen molar-refractivity contribution < 1.29 is 19.4 Å². The molecule has 1 aromatic rings. The first-order valence-corrected chi connectivity index (χ1v) is 6.83. The van der Waals surface area contributed by atoms with Crippen LogP contribution < -0.4 is 4.74 Å². The summed E-state index contributed by atoms with van der Waals surface area (Å²) in [6, 6.07) is 4.15. The number of carbonyl (C=O) groups is 1. The third-order valence-corrected chi connectivity index (χ3v) is 3.68. The molecule has 0 radical (unpaired) electrons. The van der Waals surface area contributed by atoms with E-state index in [1.807, 2.05) is 13.0 Å². The van der Waals surface area contributed by atoms with Crippen LogP contribution in [0.1, 0.15) is 29.5 Å². The van der Waals surface area contributed by atoms with E-state index in [2.05, 4.69) is 17.7 Å². The van der Waals surface area contributed by atoms with Crippen LogP contribution >= 0.6 is 0 Å². The van der Waals surface area contributed by atoms with Crippen molar-refractivity contribution in [3.05, 3.63) is 28.8 Å². The van der Waals surface area contributed by atoms with E-state index >= 15 is 0 Å². The number of benzene rings is 1. The fourth-order valence-corrected chi connectivity index (χ4v) is 2.20. The Hall–Kier alpha value is -1.55. The Morgan fingerprint density at radius 1 is 1.30 bits per heavy atom. The molecule has 0 saturated heterocycles. The zero-order chi connectivity index (χ0) is 15.1. The topological polar surface area (TPSA) is 55.8 Å². The molecule has 0 fully saturated rings. The average Bonchev–Trinajstić information content (AvgIpc) is 2.46. The van der Waals surface area contributed by atoms with Crippen LogP contribution in [0.4, 0.5) is 0 Å². The second kappa shape index (κ2) is 7.90. The number of carbonyl (C=O) groups excluding carboxylic acids is 1. The van der Waals surface area contributed by atoms with Gasteiger partial charge in [0.1, 0.15) is 5.75 Å². The largest absolute Gasteiger partial charge is 0.496 e. The number of aliphatic hydroxyl groups is 1. The highest BCUT2D eigenvalue weighted by atomic mass is 16.5. The van der Waals surface area contributed by atoms with Crippen LogP contribution in [0.15, 0.2) is 12.1 Å². The molecule has 0 saturated carbocycles. The van der Waals surface area contributed by atoms with Crippen molar-refractivity contribution in [2.75, 3.05) is 20.8 Å². The van der Waals surface area contributed by atoms with Gasteiger partial charge in [-0.15, -0.1) is 0 Å². The van der Waals surface area contributed by atoms with Gasteiger partial charge in [-0.25, -0.2) is 0 Å². The highest BCUT2D eigenvalue weighted by molar-refractivity contribution is 5.69. The summed E-state index contributed by atoms with van der Waals surface area (Å²) in [4.78, 5) is 11.2. The summed E-state index contributed by atoms with van der Waals surface area (Å²) >= 11 is 0. The molecule has 0 spiro atoms. The van der Waals surface area contributed by atoms with Gasteiger partial charge in [0.2, 0.25) is 0 Å². The third-order valence-electron chi connectivity index (χ3n) is 3.68. The van der Waals surface area contributed by atoms with Crippen LogP contribution in [0.2, 0.25) is 0 Å². The van der Waals surface area contributed by atoms with Crippen LogP contribution in [0, 0.1) is 19.8 Å². The molecule has 1 atom stereocenters. The van der Waals surface area contributed by atoms with Crippen LogP contribution in [0.25, 0.3) is 0 Å². The molecule has 0 amide bonds. The van der Waals surface area contributed by atoms with Crippen LogP contribution in [-0.2, 0) is 16.0 Å². The van der Waals surface area contributed by atoms with Crippen molar-refractivity contribution in [2.45, 2.75) is 33.1 Å². The van der Waals surface area contributed by atoms with Crippen molar-refractivity contribution in [2.24, 2.45) is 5.92 Å². The predicted molar refractivity (Wildman–Crippen MR) is 78.0 cm³/mol. The predicted octanol–water partition coefficient (Wildman–Crippen LogP) is 2.42. The maximum absolute atomic E-state index is 11.2. The normalized spacial score (nSPS) is 12.1. The van der Waals surface area contributed by atoms with E-state index in [0.29, 0.717) is 0 Å². The minimum atomic E-state index is -0.276. The van der Waals surface area contributed by atoms with Crippen LogP contribution in [0.5, 0.6) is 5.75 Å². The van der Waals surface area contributed by atoms with Gasteiger partial charge in [-0.2, -0.15) is 0 Å². The molecule has 0 aliphatic heterocycles. The van der Waals surface area contributed by atoms with Gasteiger partial charge in [0.15, 0.2) is 0 Å². The lowest BCUT2D eigenvalue weighted by atomic mass is 9.95. The molecule has 0 heterocycles. The van der Waals surface area contributed by atoms with E-state index in [1.54, 1.807) is 7.11 Å². The number of aryl methyl sites for hydroxylation is 2. The van der Waals surface area contributed by atoms with Gasteiger partial charge in [-0.3, -0.25) is 4.79 Å². The Kier molecular flexibility index (Phi) is 6.52. The SMILES string of the molecule is COC(=O)CC(CO)CCc1cc(C)c(C)c(OC)c1. The molecule has 0 aliphatic carbocycles. The fourth-order valence-electron chi connectivity index (χ4n) is 2.20. The number of hydrogen-bond donors (Lipinski definition) is 1. The van der Waals surface area contributed by atoms with Crippen molar-refractivity contribution in [3.63, 3.8) is 0 Å². The molecule has 20 heavy (non-hydrogen) atoms. The minimum absolute atomic E-state index is 0.00290. The monoisotopic (exact) mass is 280 g/mol. The second-order valence-electron chi connectivity index (χ2n) is 5.11. The van der Waals surface area contributed by atoms with Gasteiger partial charge in [0.05, 0.1) is 20.6 Å². The number of aliphatic hydroxyl groups excluding tert-OH is 1. The lowest BCUT2D eigenvalue weighted by Crippen LogP contribution is -2.14. The first-order valence-electron chi connectivity index (χ1n) is 6.83. The number of esters is 1. The Morgan fingerprint density at radius 3 is 2.55 bits per heavy atom. The number of ether oxygens (including phenoxy) is 2. The van der Waals surface area contributed by atoms with Gasteiger partial charge >= 0.3 is 5.97 Å².